The third-order valence-corrected chi connectivity index (χ3v) is 4.62. The Hall–Kier alpha value is -1.36. The van der Waals surface area contributed by atoms with E-state index < -0.39 is 10.6 Å². The van der Waals surface area contributed by atoms with Gasteiger partial charge in [0.1, 0.15) is 5.75 Å². The number of ether oxygens (including phenoxy) is 1. The molecule has 3 rings (SSSR count). The highest BCUT2D eigenvalue weighted by Gasteiger charge is 2.51. The Morgan fingerprint density at radius 1 is 1.29 bits per heavy atom. The molecule has 5 heteroatoms. The van der Waals surface area contributed by atoms with E-state index in [1.165, 1.54) is 4.90 Å². The second kappa shape index (κ2) is 5.44. The molecule has 4 nitrogen and oxygen atoms in total. The van der Waals surface area contributed by atoms with E-state index in [1.54, 1.807) is 19.1 Å². The number of hydrogen-bond acceptors (Lipinski definition) is 3. The minimum Gasteiger partial charge on any atom is -0.467 e. The maximum Gasteiger partial charge on any atom is 0.267 e. The highest BCUT2D eigenvalue weighted by atomic mass is 79.9. The zero-order chi connectivity index (χ0) is 15.0. The molecule has 0 aromatic heterocycles. The Bertz CT molecular complexity index is 579. The zero-order valence-corrected chi connectivity index (χ0v) is 13.6. The molecule has 1 saturated carbocycles. The molecule has 1 spiro atoms. The first-order valence-electron chi connectivity index (χ1n) is 7.36. The number of carbonyl (C=O) groups excluding carboxylic acids is 2. The van der Waals surface area contributed by atoms with Crippen LogP contribution in [0.2, 0.25) is 0 Å². The molecule has 1 unspecified atom stereocenters. The Morgan fingerprint density at radius 2 is 1.95 bits per heavy atom. The molecule has 0 bridgehead atoms. The van der Waals surface area contributed by atoms with Gasteiger partial charge in [0.05, 0.1) is 10.4 Å². The van der Waals surface area contributed by atoms with Crippen molar-refractivity contribution in [1.82, 2.24) is 4.90 Å². The lowest BCUT2D eigenvalue weighted by atomic mass is 9.88. The lowest BCUT2D eigenvalue weighted by molar-refractivity contribution is -0.152. The molecule has 112 valence electrons. The lowest BCUT2D eigenvalue weighted by Gasteiger charge is -2.48. The predicted octanol–water partition coefficient (Wildman–Crippen LogP) is 3.49. The third kappa shape index (κ3) is 2.37. The van der Waals surface area contributed by atoms with Crippen LogP contribution >= 0.6 is 15.9 Å². The standard InChI is InChI=1S/C16H18BrNO3/c1-11(17)14(19)18-15(20)12-7-3-4-8-13(12)21-16(18)9-5-2-6-10-16/h3-4,7-8,11H,2,5-6,9-10H2,1H3. The number of halogens is 1. The summed E-state index contributed by atoms with van der Waals surface area (Å²) in [5.74, 6) is 0.127. The number of hydrogen-bond donors (Lipinski definition) is 0. The van der Waals surface area contributed by atoms with E-state index in [4.69, 9.17) is 4.74 Å². The van der Waals surface area contributed by atoms with Crippen LogP contribution in [0.15, 0.2) is 24.3 Å². The molecule has 1 aliphatic carbocycles. The van der Waals surface area contributed by atoms with Crippen LogP contribution < -0.4 is 4.74 Å². The van der Waals surface area contributed by atoms with Gasteiger partial charge in [0.15, 0.2) is 5.72 Å². The summed E-state index contributed by atoms with van der Waals surface area (Å²) in [7, 11) is 0. The Labute approximate surface area is 132 Å². The van der Waals surface area contributed by atoms with E-state index in [1.807, 2.05) is 12.1 Å². The number of benzene rings is 1. The fourth-order valence-electron chi connectivity index (χ4n) is 3.20. The van der Waals surface area contributed by atoms with Crippen molar-refractivity contribution in [2.45, 2.75) is 49.6 Å². The highest BCUT2D eigenvalue weighted by molar-refractivity contribution is 9.10. The Kier molecular flexibility index (Phi) is 3.78. The molecule has 0 radical (unpaired) electrons. The molecular weight excluding hydrogens is 334 g/mol. The van der Waals surface area contributed by atoms with E-state index in [0.29, 0.717) is 24.2 Å². The summed E-state index contributed by atoms with van der Waals surface area (Å²) >= 11 is 3.29. The van der Waals surface area contributed by atoms with Gasteiger partial charge < -0.3 is 4.74 Å². The van der Waals surface area contributed by atoms with Crippen molar-refractivity contribution >= 4 is 27.7 Å². The fourth-order valence-corrected chi connectivity index (χ4v) is 3.40. The summed E-state index contributed by atoms with van der Waals surface area (Å²) in [5, 5.41) is 0. The van der Waals surface area contributed by atoms with Gasteiger partial charge in [-0.25, -0.2) is 4.90 Å². The molecule has 1 heterocycles. The van der Waals surface area contributed by atoms with E-state index in [0.717, 1.165) is 19.3 Å². The largest absolute Gasteiger partial charge is 0.467 e. The number of amides is 2. The van der Waals surface area contributed by atoms with Crippen LogP contribution in [0.4, 0.5) is 0 Å². The molecule has 1 aromatic carbocycles. The van der Waals surface area contributed by atoms with E-state index >= 15 is 0 Å². The second-order valence-corrected chi connectivity index (χ2v) is 7.07. The minimum absolute atomic E-state index is 0.226. The summed E-state index contributed by atoms with van der Waals surface area (Å²) in [6, 6.07) is 7.17. The zero-order valence-electron chi connectivity index (χ0n) is 12.0. The number of rotatable bonds is 1. The Balaban J connectivity index is 2.09. The van der Waals surface area contributed by atoms with Crippen LogP contribution in [-0.4, -0.2) is 27.3 Å². The first kappa shape index (κ1) is 14.6. The second-order valence-electron chi connectivity index (χ2n) is 5.70. The minimum atomic E-state index is -0.803. The molecule has 1 aromatic rings. The van der Waals surface area contributed by atoms with Crippen LogP contribution in [-0.2, 0) is 4.79 Å². The van der Waals surface area contributed by atoms with Crippen LogP contribution in [0.1, 0.15) is 49.4 Å². The van der Waals surface area contributed by atoms with Crippen LogP contribution in [0.25, 0.3) is 0 Å². The number of para-hydroxylation sites is 1. The van der Waals surface area contributed by atoms with Gasteiger partial charge in [0.2, 0.25) is 5.91 Å². The molecule has 0 N–H and O–H groups in total. The number of fused-ring (bicyclic) bond motifs is 1. The van der Waals surface area contributed by atoms with Crippen LogP contribution in [0, 0.1) is 0 Å². The monoisotopic (exact) mass is 351 g/mol. The first-order chi connectivity index (χ1) is 10.1. The van der Waals surface area contributed by atoms with Gasteiger partial charge in [-0.2, -0.15) is 0 Å². The summed E-state index contributed by atoms with van der Waals surface area (Å²) in [5.41, 5.74) is -0.335. The van der Waals surface area contributed by atoms with Gasteiger partial charge >= 0.3 is 0 Å². The van der Waals surface area contributed by atoms with Gasteiger partial charge in [-0.05, 0) is 31.9 Å². The van der Waals surface area contributed by atoms with Gasteiger partial charge in [-0.1, -0.05) is 34.5 Å². The predicted molar refractivity (Wildman–Crippen MR) is 82.5 cm³/mol. The van der Waals surface area contributed by atoms with Crippen molar-refractivity contribution in [3.8, 4) is 5.75 Å². The molecule has 2 aliphatic rings. The normalized spacial score (nSPS) is 21.6. The number of imide groups is 1. The molecule has 2 amide bonds. The van der Waals surface area contributed by atoms with E-state index in [-0.39, 0.29) is 11.8 Å². The average molecular weight is 352 g/mol. The first-order valence-corrected chi connectivity index (χ1v) is 8.27. The topological polar surface area (TPSA) is 46.6 Å². The van der Waals surface area contributed by atoms with Crippen molar-refractivity contribution in [3.63, 3.8) is 0 Å². The summed E-state index contributed by atoms with van der Waals surface area (Å²) in [6.07, 6.45) is 4.47. The maximum atomic E-state index is 12.8. The van der Waals surface area contributed by atoms with Gasteiger partial charge in [-0.15, -0.1) is 0 Å². The van der Waals surface area contributed by atoms with Crippen LogP contribution in [0.5, 0.6) is 5.75 Å². The molecule has 1 aliphatic heterocycles. The van der Waals surface area contributed by atoms with E-state index in [9.17, 15) is 9.59 Å². The van der Waals surface area contributed by atoms with Crippen molar-refractivity contribution < 1.29 is 14.3 Å². The molecule has 1 atom stereocenters. The smallest absolute Gasteiger partial charge is 0.267 e. The van der Waals surface area contributed by atoms with E-state index in [2.05, 4.69) is 15.9 Å². The highest BCUT2D eigenvalue weighted by Crippen LogP contribution is 2.42. The maximum absolute atomic E-state index is 12.8. The summed E-state index contributed by atoms with van der Waals surface area (Å²) < 4.78 is 6.18. The fraction of sp³-hybridized carbons (Fsp3) is 0.500. The average Bonchev–Trinajstić information content (AvgIpc) is 2.48. The quantitative estimate of drug-likeness (QED) is 0.727. The van der Waals surface area contributed by atoms with Crippen molar-refractivity contribution in [2.24, 2.45) is 0 Å². The van der Waals surface area contributed by atoms with Crippen LogP contribution in [0.3, 0.4) is 0 Å². The molecule has 1 fully saturated rings. The van der Waals surface area contributed by atoms with Crippen molar-refractivity contribution in [1.29, 1.82) is 0 Å². The Morgan fingerprint density at radius 3 is 2.62 bits per heavy atom. The molecule has 0 saturated heterocycles. The SMILES string of the molecule is CC(Br)C(=O)N1C(=O)c2ccccc2OC12CCCCC2. The molecule has 21 heavy (non-hydrogen) atoms. The third-order valence-electron chi connectivity index (χ3n) is 4.22. The lowest BCUT2D eigenvalue weighted by Crippen LogP contribution is -2.62. The number of alkyl halides is 1. The van der Waals surface area contributed by atoms with Crippen molar-refractivity contribution in [3.05, 3.63) is 29.8 Å². The van der Waals surface area contributed by atoms with Crippen molar-refractivity contribution in [2.75, 3.05) is 0 Å². The van der Waals surface area contributed by atoms with Gasteiger partial charge in [0.25, 0.3) is 5.91 Å². The van der Waals surface area contributed by atoms with Gasteiger partial charge in [0, 0.05) is 12.8 Å². The number of carbonyl (C=O) groups is 2. The summed E-state index contributed by atoms with van der Waals surface area (Å²) in [4.78, 5) is 26.4. The molecular formula is C16H18BrNO3. The summed E-state index contributed by atoms with van der Waals surface area (Å²) in [6.45, 7) is 1.74. The number of nitrogens with zero attached hydrogens (tertiary/aromatic N) is 1. The van der Waals surface area contributed by atoms with Gasteiger partial charge in [-0.3, -0.25) is 9.59 Å².